The Morgan fingerprint density at radius 2 is 1.73 bits per heavy atom. The maximum atomic E-state index is 13.3. The number of carbonyl (C=O) groups excluding carboxylic acids is 1. The van der Waals surface area contributed by atoms with Crippen LogP contribution in [0.15, 0.2) is 65.6 Å². The third-order valence-electron chi connectivity index (χ3n) is 6.71. The predicted octanol–water partition coefficient (Wildman–Crippen LogP) is 4.55. The summed E-state index contributed by atoms with van der Waals surface area (Å²) in [5.41, 5.74) is 3.55. The summed E-state index contributed by atoms with van der Waals surface area (Å²) in [6, 6.07) is 17.6. The van der Waals surface area contributed by atoms with Crippen LogP contribution in [0.4, 0.5) is 5.69 Å². The number of ether oxygens (including phenoxy) is 2. The van der Waals surface area contributed by atoms with E-state index in [1.54, 1.807) is 12.1 Å². The predicted molar refractivity (Wildman–Crippen MR) is 143 cm³/mol. The topological polar surface area (TPSA) is 131 Å². The number of benzene rings is 3. The quantitative estimate of drug-likeness (QED) is 0.371. The standard InChI is InChI=1S/C27H26N2O7S.3H2/c1-17-2-6-20(29-26(32)27(11-12-27)19-5-9-23-24(14-19)36-16-35-23)15-22(17)18-3-7-21(8-4-18)37(33,34)28-13-10-25(30)31;;;/h2-9,14-15,28H,10-13,16H2,1H3,(H,29,32)(H,30,31);3*1H. The lowest BCUT2D eigenvalue weighted by Gasteiger charge is -2.17. The lowest BCUT2D eigenvalue weighted by molar-refractivity contribution is -0.136. The number of fused-ring (bicyclic) bond motifs is 1. The minimum absolute atomic E-state index is 0. The number of nitrogens with one attached hydrogen (secondary N) is 2. The first-order valence-corrected chi connectivity index (χ1v) is 13.3. The highest BCUT2D eigenvalue weighted by atomic mass is 32.2. The van der Waals surface area contributed by atoms with Crippen LogP contribution in [0.1, 0.15) is 34.7 Å². The Kier molecular flexibility index (Phi) is 6.38. The van der Waals surface area contributed by atoms with Gasteiger partial charge in [0.15, 0.2) is 11.5 Å². The van der Waals surface area contributed by atoms with Crippen LogP contribution in [0.25, 0.3) is 11.1 Å². The Bertz CT molecular complexity index is 1490. The number of sulfonamides is 1. The van der Waals surface area contributed by atoms with Crippen molar-refractivity contribution in [2.24, 2.45) is 0 Å². The summed E-state index contributed by atoms with van der Waals surface area (Å²) in [7, 11) is -3.82. The summed E-state index contributed by atoms with van der Waals surface area (Å²) < 4.78 is 38.0. The molecule has 0 bridgehead atoms. The number of carboxylic acid groups (broad SMARTS) is 1. The number of rotatable bonds is 9. The molecule has 2 aliphatic rings. The molecule has 3 aromatic carbocycles. The fraction of sp³-hybridized carbons (Fsp3) is 0.259. The van der Waals surface area contributed by atoms with E-state index in [2.05, 4.69) is 10.0 Å². The van der Waals surface area contributed by atoms with E-state index in [1.165, 1.54) is 12.1 Å². The van der Waals surface area contributed by atoms with Crippen LogP contribution in [-0.2, 0) is 25.0 Å². The molecule has 5 rings (SSSR count). The maximum Gasteiger partial charge on any atom is 0.304 e. The minimum Gasteiger partial charge on any atom is -0.481 e. The molecular weight excluding hydrogens is 496 g/mol. The molecule has 198 valence electrons. The van der Waals surface area contributed by atoms with E-state index in [0.29, 0.717) is 17.2 Å². The molecular formula is C27H32N2O7S. The molecule has 1 amide bonds. The smallest absolute Gasteiger partial charge is 0.304 e. The van der Waals surface area contributed by atoms with Crippen molar-refractivity contribution in [3.05, 3.63) is 71.8 Å². The highest BCUT2D eigenvalue weighted by molar-refractivity contribution is 7.89. The van der Waals surface area contributed by atoms with E-state index in [9.17, 15) is 18.0 Å². The Morgan fingerprint density at radius 3 is 2.43 bits per heavy atom. The first kappa shape index (κ1) is 24.8. The van der Waals surface area contributed by atoms with Crippen LogP contribution in [-0.4, -0.2) is 38.7 Å². The molecule has 1 fully saturated rings. The summed E-state index contributed by atoms with van der Waals surface area (Å²) in [4.78, 5) is 24.0. The van der Waals surface area contributed by atoms with Crippen molar-refractivity contribution in [3.8, 4) is 22.6 Å². The van der Waals surface area contributed by atoms with Crippen LogP contribution in [0.2, 0.25) is 0 Å². The van der Waals surface area contributed by atoms with Gasteiger partial charge in [0.1, 0.15) is 0 Å². The summed E-state index contributed by atoms with van der Waals surface area (Å²) in [6.45, 7) is 1.93. The Balaban J connectivity index is 0.00000187. The third-order valence-corrected chi connectivity index (χ3v) is 8.19. The molecule has 1 aliphatic heterocycles. The zero-order valence-corrected chi connectivity index (χ0v) is 20.9. The molecule has 1 aliphatic carbocycles. The van der Waals surface area contributed by atoms with Crippen molar-refractivity contribution >= 4 is 27.6 Å². The van der Waals surface area contributed by atoms with Crippen molar-refractivity contribution in [2.45, 2.75) is 36.5 Å². The average molecular weight is 529 g/mol. The number of carbonyl (C=O) groups is 2. The number of aliphatic carboxylic acids is 1. The van der Waals surface area contributed by atoms with Crippen molar-refractivity contribution in [1.29, 1.82) is 0 Å². The molecule has 37 heavy (non-hydrogen) atoms. The molecule has 0 radical (unpaired) electrons. The molecule has 9 nitrogen and oxygen atoms in total. The van der Waals surface area contributed by atoms with Gasteiger partial charge in [-0.15, -0.1) is 0 Å². The molecule has 1 saturated carbocycles. The summed E-state index contributed by atoms with van der Waals surface area (Å²) in [5, 5.41) is 11.8. The number of amides is 1. The van der Waals surface area contributed by atoms with Crippen molar-refractivity contribution in [3.63, 3.8) is 0 Å². The van der Waals surface area contributed by atoms with Crippen molar-refractivity contribution in [1.82, 2.24) is 4.72 Å². The first-order chi connectivity index (χ1) is 17.7. The van der Waals surface area contributed by atoms with Gasteiger partial charge in [0.2, 0.25) is 22.7 Å². The maximum absolute atomic E-state index is 13.3. The molecule has 10 heteroatoms. The molecule has 3 N–H and O–H groups in total. The number of anilines is 1. The van der Waals surface area contributed by atoms with Gasteiger partial charge in [0.25, 0.3) is 0 Å². The van der Waals surface area contributed by atoms with Gasteiger partial charge in [-0.3, -0.25) is 9.59 Å². The van der Waals surface area contributed by atoms with E-state index in [4.69, 9.17) is 14.6 Å². The number of carboxylic acids is 1. The van der Waals surface area contributed by atoms with Gasteiger partial charge >= 0.3 is 5.97 Å². The van der Waals surface area contributed by atoms with Crippen LogP contribution < -0.4 is 19.5 Å². The van der Waals surface area contributed by atoms with Crippen molar-refractivity contribution in [2.75, 3.05) is 18.7 Å². The zero-order chi connectivity index (χ0) is 26.2. The number of hydrogen-bond acceptors (Lipinski definition) is 6. The molecule has 1 heterocycles. The lowest BCUT2D eigenvalue weighted by atomic mass is 9.94. The van der Waals surface area contributed by atoms with Gasteiger partial charge in [-0.25, -0.2) is 13.1 Å². The Morgan fingerprint density at radius 1 is 1.00 bits per heavy atom. The van der Waals surface area contributed by atoms with Gasteiger partial charge in [-0.2, -0.15) is 0 Å². The van der Waals surface area contributed by atoms with Crippen LogP contribution in [0.5, 0.6) is 11.5 Å². The van der Waals surface area contributed by atoms with Gasteiger partial charge in [0, 0.05) is 16.5 Å². The first-order valence-electron chi connectivity index (χ1n) is 11.8. The molecule has 0 spiro atoms. The number of hydrogen-bond donors (Lipinski definition) is 3. The Hall–Kier alpha value is -3.89. The average Bonchev–Trinajstić information content (AvgIpc) is 3.55. The highest BCUT2D eigenvalue weighted by Crippen LogP contribution is 2.51. The molecule has 0 atom stereocenters. The van der Waals surface area contributed by atoms with Crippen molar-refractivity contribution < 1.29 is 36.9 Å². The summed E-state index contributed by atoms with van der Waals surface area (Å²) >= 11 is 0. The minimum atomic E-state index is -3.82. The molecule has 0 aromatic heterocycles. The van der Waals surface area contributed by atoms with Gasteiger partial charge < -0.3 is 19.9 Å². The molecule has 3 aromatic rings. The largest absolute Gasteiger partial charge is 0.481 e. The number of aryl methyl sites for hydroxylation is 1. The van der Waals surface area contributed by atoms with Gasteiger partial charge in [-0.1, -0.05) is 24.3 Å². The fourth-order valence-corrected chi connectivity index (χ4v) is 5.45. The molecule has 0 saturated heterocycles. The normalized spacial score (nSPS) is 15.3. The van der Waals surface area contributed by atoms with Crippen LogP contribution in [0, 0.1) is 6.92 Å². The van der Waals surface area contributed by atoms with Crippen LogP contribution in [0.3, 0.4) is 0 Å². The second-order valence-corrected chi connectivity index (χ2v) is 11.0. The SMILES string of the molecule is Cc1ccc(NC(=O)C2(c3ccc4c(c3)OCO4)CC2)cc1-c1ccc(S(=O)(=O)NCCC(=O)O)cc1.[HH].[HH].[HH]. The summed E-state index contributed by atoms with van der Waals surface area (Å²) in [5.74, 6) is 0.161. The molecule has 0 unspecified atom stereocenters. The van der Waals surface area contributed by atoms with E-state index < -0.39 is 21.4 Å². The summed E-state index contributed by atoms with van der Waals surface area (Å²) in [6.07, 6.45) is 1.19. The van der Waals surface area contributed by atoms with E-state index in [-0.39, 0.29) is 34.8 Å². The van der Waals surface area contributed by atoms with E-state index in [0.717, 1.165) is 35.1 Å². The second kappa shape index (κ2) is 9.53. The van der Waals surface area contributed by atoms with Crippen LogP contribution >= 0.6 is 0 Å². The highest BCUT2D eigenvalue weighted by Gasteiger charge is 2.51. The lowest BCUT2D eigenvalue weighted by Crippen LogP contribution is -2.27. The van der Waals surface area contributed by atoms with Gasteiger partial charge in [0.05, 0.1) is 16.7 Å². The Labute approximate surface area is 218 Å². The third kappa shape index (κ3) is 5.03. The van der Waals surface area contributed by atoms with E-state index >= 15 is 0 Å². The second-order valence-electron chi connectivity index (χ2n) is 9.20. The van der Waals surface area contributed by atoms with E-state index in [1.807, 2.05) is 43.3 Å². The van der Waals surface area contributed by atoms with Gasteiger partial charge in [-0.05, 0) is 78.4 Å². The fourth-order valence-electron chi connectivity index (χ4n) is 4.42. The zero-order valence-electron chi connectivity index (χ0n) is 20.1. The monoisotopic (exact) mass is 528 g/mol.